The molecule has 1 heterocycles. The Labute approximate surface area is 121 Å². The van der Waals surface area contributed by atoms with Gasteiger partial charge in [-0.2, -0.15) is 5.10 Å². The first-order valence-corrected chi connectivity index (χ1v) is 6.52. The SMILES string of the molecule is C/C(N=Nc1cccc2[nH]cnc12)=N\Nc1ccccc1. The predicted octanol–water partition coefficient (Wildman–Crippen LogP) is 4.09. The molecule has 1 aromatic heterocycles. The number of nitrogens with one attached hydrogen (secondary N) is 2. The molecular weight excluding hydrogens is 264 g/mol. The van der Waals surface area contributed by atoms with Gasteiger partial charge in [-0.15, -0.1) is 10.2 Å². The second-order valence-corrected chi connectivity index (χ2v) is 4.41. The number of nitrogens with zero attached hydrogens (tertiary/aromatic N) is 4. The van der Waals surface area contributed by atoms with Crippen molar-refractivity contribution in [2.45, 2.75) is 6.92 Å². The van der Waals surface area contributed by atoms with Crippen LogP contribution in [0.4, 0.5) is 11.4 Å². The fourth-order valence-corrected chi connectivity index (χ4v) is 1.84. The smallest absolute Gasteiger partial charge is 0.167 e. The maximum atomic E-state index is 4.23. The van der Waals surface area contributed by atoms with E-state index in [1.165, 1.54) is 0 Å². The van der Waals surface area contributed by atoms with Gasteiger partial charge in [0, 0.05) is 0 Å². The number of aromatic amines is 1. The molecule has 6 nitrogen and oxygen atoms in total. The maximum Gasteiger partial charge on any atom is 0.167 e. The Morgan fingerprint density at radius 1 is 1.10 bits per heavy atom. The van der Waals surface area contributed by atoms with Crippen LogP contribution in [0.15, 0.2) is 70.2 Å². The van der Waals surface area contributed by atoms with E-state index in [4.69, 9.17) is 0 Å². The quantitative estimate of drug-likeness (QED) is 0.327. The van der Waals surface area contributed by atoms with E-state index < -0.39 is 0 Å². The van der Waals surface area contributed by atoms with Gasteiger partial charge in [-0.1, -0.05) is 24.3 Å². The zero-order valence-corrected chi connectivity index (χ0v) is 11.5. The molecule has 2 N–H and O–H groups in total. The first-order chi connectivity index (χ1) is 10.3. The van der Waals surface area contributed by atoms with E-state index in [9.17, 15) is 0 Å². The number of amidine groups is 1. The van der Waals surface area contributed by atoms with Gasteiger partial charge in [0.15, 0.2) is 5.84 Å². The Bertz CT molecular complexity index is 788. The number of para-hydroxylation sites is 2. The number of benzene rings is 2. The van der Waals surface area contributed by atoms with E-state index in [0.29, 0.717) is 11.5 Å². The van der Waals surface area contributed by atoms with Crippen LogP contribution in [0.5, 0.6) is 0 Å². The predicted molar refractivity (Wildman–Crippen MR) is 83.8 cm³/mol. The highest BCUT2D eigenvalue weighted by atomic mass is 15.3. The molecule has 0 bridgehead atoms. The zero-order chi connectivity index (χ0) is 14.5. The van der Waals surface area contributed by atoms with E-state index in [1.54, 1.807) is 13.3 Å². The highest BCUT2D eigenvalue weighted by molar-refractivity contribution is 5.87. The van der Waals surface area contributed by atoms with Crippen LogP contribution in [-0.2, 0) is 0 Å². The molecule has 0 radical (unpaired) electrons. The molecule has 0 atom stereocenters. The number of hydrogen-bond donors (Lipinski definition) is 2. The van der Waals surface area contributed by atoms with Crippen LogP contribution in [0.3, 0.4) is 0 Å². The molecular formula is C15H14N6. The minimum absolute atomic E-state index is 0.534. The third-order valence-electron chi connectivity index (χ3n) is 2.85. The number of rotatable bonds is 3. The largest absolute Gasteiger partial charge is 0.345 e. The van der Waals surface area contributed by atoms with Crippen LogP contribution in [0.25, 0.3) is 11.0 Å². The summed E-state index contributed by atoms with van der Waals surface area (Å²) in [5.74, 6) is 0.534. The number of H-pyrrole nitrogens is 1. The summed E-state index contributed by atoms with van der Waals surface area (Å²) in [5, 5.41) is 12.4. The average Bonchev–Trinajstić information content (AvgIpc) is 3.01. The van der Waals surface area contributed by atoms with Crippen molar-refractivity contribution in [2.75, 3.05) is 5.43 Å². The average molecular weight is 278 g/mol. The summed E-state index contributed by atoms with van der Waals surface area (Å²) < 4.78 is 0. The molecule has 0 aliphatic carbocycles. The summed E-state index contributed by atoms with van der Waals surface area (Å²) in [7, 11) is 0. The summed E-state index contributed by atoms with van der Waals surface area (Å²) in [5.41, 5.74) is 6.27. The van der Waals surface area contributed by atoms with Crippen molar-refractivity contribution in [3.8, 4) is 0 Å². The second kappa shape index (κ2) is 5.96. The first kappa shape index (κ1) is 13.0. The third kappa shape index (κ3) is 3.11. The molecule has 6 heteroatoms. The van der Waals surface area contributed by atoms with Crippen molar-refractivity contribution in [1.29, 1.82) is 0 Å². The molecule has 0 fully saturated rings. The molecule has 0 spiro atoms. The van der Waals surface area contributed by atoms with Crippen LogP contribution in [0.2, 0.25) is 0 Å². The molecule has 0 saturated carbocycles. The molecule has 2 aromatic carbocycles. The molecule has 0 unspecified atom stereocenters. The number of azo groups is 1. The van der Waals surface area contributed by atoms with Gasteiger partial charge in [0.1, 0.15) is 11.2 Å². The van der Waals surface area contributed by atoms with Gasteiger partial charge < -0.3 is 4.98 Å². The molecule has 0 saturated heterocycles. The minimum Gasteiger partial charge on any atom is -0.345 e. The van der Waals surface area contributed by atoms with Gasteiger partial charge in [0.2, 0.25) is 0 Å². The molecule has 21 heavy (non-hydrogen) atoms. The fourth-order valence-electron chi connectivity index (χ4n) is 1.84. The van der Waals surface area contributed by atoms with Crippen LogP contribution >= 0.6 is 0 Å². The van der Waals surface area contributed by atoms with E-state index in [1.807, 2.05) is 48.5 Å². The van der Waals surface area contributed by atoms with Crippen molar-refractivity contribution in [2.24, 2.45) is 15.3 Å². The maximum absolute atomic E-state index is 4.23. The van der Waals surface area contributed by atoms with E-state index in [-0.39, 0.29) is 0 Å². The van der Waals surface area contributed by atoms with E-state index >= 15 is 0 Å². The van der Waals surface area contributed by atoms with Crippen LogP contribution in [0, 0.1) is 0 Å². The molecule has 104 valence electrons. The zero-order valence-electron chi connectivity index (χ0n) is 11.5. The third-order valence-corrected chi connectivity index (χ3v) is 2.85. The Hall–Kier alpha value is -3.02. The number of aromatic nitrogens is 2. The number of hydrazone groups is 1. The normalized spacial score (nSPS) is 12.1. The molecule has 3 aromatic rings. The summed E-state index contributed by atoms with van der Waals surface area (Å²) in [6, 6.07) is 15.4. The Morgan fingerprint density at radius 2 is 1.95 bits per heavy atom. The minimum atomic E-state index is 0.534. The summed E-state index contributed by atoms with van der Waals surface area (Å²) >= 11 is 0. The van der Waals surface area contributed by atoms with Crippen molar-refractivity contribution < 1.29 is 0 Å². The molecule has 0 aliphatic rings. The topological polar surface area (TPSA) is 77.8 Å². The van der Waals surface area contributed by atoms with Crippen molar-refractivity contribution in [1.82, 2.24) is 9.97 Å². The standard InChI is InChI=1S/C15H14N6/c1-11(18-20-12-6-3-2-4-7-12)19-21-14-9-5-8-13-15(14)17-10-16-13/h2-10,20H,1H3,(H,16,17)/b18-11+,21-19?. The lowest BCUT2D eigenvalue weighted by Crippen LogP contribution is -1.93. The Morgan fingerprint density at radius 3 is 2.81 bits per heavy atom. The fraction of sp³-hybridized carbons (Fsp3) is 0.0667. The van der Waals surface area contributed by atoms with Gasteiger partial charge in [-0.25, -0.2) is 4.98 Å². The van der Waals surface area contributed by atoms with Crippen LogP contribution in [-0.4, -0.2) is 15.8 Å². The first-order valence-electron chi connectivity index (χ1n) is 6.52. The van der Waals surface area contributed by atoms with E-state index in [0.717, 1.165) is 16.7 Å². The molecule has 0 amide bonds. The summed E-state index contributed by atoms with van der Waals surface area (Å²) in [4.78, 5) is 7.26. The molecule has 0 aliphatic heterocycles. The molecule has 3 rings (SSSR count). The van der Waals surface area contributed by atoms with Crippen LogP contribution < -0.4 is 5.43 Å². The number of fused-ring (bicyclic) bond motifs is 1. The lowest BCUT2D eigenvalue weighted by atomic mass is 10.3. The Balaban J connectivity index is 1.75. The second-order valence-electron chi connectivity index (χ2n) is 4.41. The van der Waals surface area contributed by atoms with Gasteiger partial charge in [-0.3, -0.25) is 5.43 Å². The highest BCUT2D eigenvalue weighted by Crippen LogP contribution is 2.22. The van der Waals surface area contributed by atoms with Crippen molar-refractivity contribution in [3.63, 3.8) is 0 Å². The monoisotopic (exact) mass is 278 g/mol. The van der Waals surface area contributed by atoms with Crippen molar-refractivity contribution in [3.05, 3.63) is 54.9 Å². The van der Waals surface area contributed by atoms with Gasteiger partial charge in [0.05, 0.1) is 17.5 Å². The number of anilines is 1. The van der Waals surface area contributed by atoms with Gasteiger partial charge in [-0.05, 0) is 31.2 Å². The highest BCUT2D eigenvalue weighted by Gasteiger charge is 2.01. The van der Waals surface area contributed by atoms with E-state index in [2.05, 4.69) is 30.7 Å². The Kier molecular flexibility index (Phi) is 3.68. The van der Waals surface area contributed by atoms with Gasteiger partial charge >= 0.3 is 0 Å². The van der Waals surface area contributed by atoms with Crippen molar-refractivity contribution >= 4 is 28.2 Å². The summed E-state index contributed by atoms with van der Waals surface area (Å²) in [6.07, 6.45) is 1.64. The number of hydrogen-bond acceptors (Lipinski definition) is 4. The lowest BCUT2D eigenvalue weighted by Gasteiger charge is -1.99. The summed E-state index contributed by atoms with van der Waals surface area (Å²) in [6.45, 7) is 1.78. The lowest BCUT2D eigenvalue weighted by molar-refractivity contribution is 1.22. The number of imidazole rings is 1. The van der Waals surface area contributed by atoms with Crippen LogP contribution in [0.1, 0.15) is 6.92 Å². The van der Waals surface area contributed by atoms with Gasteiger partial charge in [0.25, 0.3) is 0 Å².